The van der Waals surface area contributed by atoms with E-state index in [1.807, 2.05) is 0 Å². The molecule has 13 heavy (non-hydrogen) atoms. The third kappa shape index (κ3) is 1.88. The van der Waals surface area contributed by atoms with E-state index < -0.39 is 0 Å². The van der Waals surface area contributed by atoms with Crippen molar-refractivity contribution >= 4 is 11.8 Å². The molecule has 0 aliphatic carbocycles. The predicted molar refractivity (Wildman–Crippen MR) is 51.3 cm³/mol. The number of benzene rings is 1. The van der Waals surface area contributed by atoms with E-state index in [9.17, 15) is 4.39 Å². The second kappa shape index (κ2) is 4.37. The molecule has 0 heterocycles. The average molecular weight is 202 g/mol. The maximum Gasteiger partial charge on any atom is 0.182 e. The van der Waals surface area contributed by atoms with Crippen molar-refractivity contribution in [1.82, 2.24) is 0 Å². The molecule has 1 aromatic rings. The van der Waals surface area contributed by atoms with Crippen molar-refractivity contribution in [3.8, 4) is 11.5 Å². The summed E-state index contributed by atoms with van der Waals surface area (Å²) < 4.78 is 23.3. The molecule has 1 aromatic carbocycles. The fourth-order valence-electron chi connectivity index (χ4n) is 1.03. The van der Waals surface area contributed by atoms with E-state index in [4.69, 9.17) is 9.47 Å². The molecule has 0 aliphatic rings. The first-order chi connectivity index (χ1) is 6.24. The minimum Gasteiger partial charge on any atom is -0.495 e. The molecule has 0 saturated heterocycles. The van der Waals surface area contributed by atoms with Gasteiger partial charge in [0.25, 0.3) is 0 Å². The van der Waals surface area contributed by atoms with Crippen molar-refractivity contribution < 1.29 is 13.9 Å². The van der Waals surface area contributed by atoms with Crippen LogP contribution in [0.15, 0.2) is 17.0 Å². The van der Waals surface area contributed by atoms with Crippen LogP contribution < -0.4 is 9.47 Å². The van der Waals surface area contributed by atoms with Crippen molar-refractivity contribution in [1.29, 1.82) is 0 Å². The SMILES string of the molecule is COc1ccc(OC)c(SC)c1F. The molecule has 0 bridgehead atoms. The van der Waals surface area contributed by atoms with Gasteiger partial charge in [-0.25, -0.2) is 4.39 Å². The molecule has 0 N–H and O–H groups in total. The summed E-state index contributed by atoms with van der Waals surface area (Å²) in [5.41, 5.74) is 0. The zero-order valence-electron chi connectivity index (χ0n) is 7.76. The highest BCUT2D eigenvalue weighted by atomic mass is 32.2. The van der Waals surface area contributed by atoms with Gasteiger partial charge >= 0.3 is 0 Å². The number of thioether (sulfide) groups is 1. The third-order valence-corrected chi connectivity index (χ3v) is 2.46. The number of hydrogen-bond donors (Lipinski definition) is 0. The lowest BCUT2D eigenvalue weighted by Crippen LogP contribution is -1.93. The average Bonchev–Trinajstić information content (AvgIpc) is 2.17. The number of rotatable bonds is 3. The predicted octanol–water partition coefficient (Wildman–Crippen LogP) is 2.56. The van der Waals surface area contributed by atoms with Gasteiger partial charge in [0.1, 0.15) is 5.75 Å². The molecule has 72 valence electrons. The van der Waals surface area contributed by atoms with Crippen LogP contribution in [-0.4, -0.2) is 20.5 Å². The molecule has 0 spiro atoms. The normalized spacial score (nSPS) is 9.85. The summed E-state index contributed by atoms with van der Waals surface area (Å²) in [6, 6.07) is 3.24. The smallest absolute Gasteiger partial charge is 0.182 e. The Hall–Kier alpha value is -0.900. The number of hydrogen-bond acceptors (Lipinski definition) is 3. The van der Waals surface area contributed by atoms with Crippen molar-refractivity contribution in [2.75, 3.05) is 20.5 Å². The van der Waals surface area contributed by atoms with Gasteiger partial charge in [0.2, 0.25) is 0 Å². The Labute approximate surface area is 81.0 Å². The Kier molecular flexibility index (Phi) is 3.42. The standard InChI is InChI=1S/C9H11FO2S/c1-11-6-4-5-7(12-2)9(13-3)8(6)10/h4-5H,1-3H3. The second-order valence-corrected chi connectivity index (χ2v) is 3.13. The Balaban J connectivity index is 3.23. The van der Waals surface area contributed by atoms with E-state index in [1.165, 1.54) is 26.0 Å². The molecular formula is C9H11FO2S. The van der Waals surface area contributed by atoms with Crippen LogP contribution in [0.25, 0.3) is 0 Å². The van der Waals surface area contributed by atoms with Gasteiger partial charge < -0.3 is 9.47 Å². The lowest BCUT2D eigenvalue weighted by Gasteiger charge is -2.09. The summed E-state index contributed by atoms with van der Waals surface area (Å²) in [6.45, 7) is 0. The van der Waals surface area contributed by atoms with Crippen LogP contribution in [0, 0.1) is 5.82 Å². The van der Waals surface area contributed by atoms with Gasteiger partial charge in [0.05, 0.1) is 19.1 Å². The number of halogens is 1. The third-order valence-electron chi connectivity index (χ3n) is 1.67. The Morgan fingerprint density at radius 3 is 2.15 bits per heavy atom. The van der Waals surface area contributed by atoms with E-state index in [0.717, 1.165) is 0 Å². The fourth-order valence-corrected chi connectivity index (χ4v) is 1.66. The lowest BCUT2D eigenvalue weighted by atomic mass is 10.3. The van der Waals surface area contributed by atoms with Crippen LogP contribution in [0.2, 0.25) is 0 Å². The highest BCUT2D eigenvalue weighted by Gasteiger charge is 2.13. The topological polar surface area (TPSA) is 18.5 Å². The Morgan fingerprint density at radius 2 is 1.69 bits per heavy atom. The molecule has 0 aromatic heterocycles. The lowest BCUT2D eigenvalue weighted by molar-refractivity contribution is 0.365. The molecule has 0 atom stereocenters. The maximum absolute atomic E-state index is 13.5. The van der Waals surface area contributed by atoms with Crippen LogP contribution in [0.1, 0.15) is 0 Å². The Morgan fingerprint density at radius 1 is 1.15 bits per heavy atom. The van der Waals surface area contributed by atoms with Gasteiger partial charge in [-0.1, -0.05) is 0 Å². The molecule has 0 unspecified atom stereocenters. The zero-order chi connectivity index (χ0) is 9.84. The molecule has 0 radical (unpaired) electrons. The minimum atomic E-state index is -0.366. The molecule has 0 fully saturated rings. The van der Waals surface area contributed by atoms with Crippen molar-refractivity contribution in [2.24, 2.45) is 0 Å². The largest absolute Gasteiger partial charge is 0.495 e. The van der Waals surface area contributed by atoms with E-state index in [2.05, 4.69) is 0 Å². The molecule has 1 rings (SSSR count). The van der Waals surface area contributed by atoms with Crippen molar-refractivity contribution in [3.05, 3.63) is 17.9 Å². The highest BCUT2D eigenvalue weighted by Crippen LogP contribution is 2.35. The summed E-state index contributed by atoms with van der Waals surface area (Å²) in [7, 11) is 2.95. The van der Waals surface area contributed by atoms with Gasteiger partial charge in [-0.2, -0.15) is 0 Å². The fraction of sp³-hybridized carbons (Fsp3) is 0.333. The summed E-state index contributed by atoms with van der Waals surface area (Å²) in [6.07, 6.45) is 1.79. The van der Waals surface area contributed by atoms with Crippen LogP contribution >= 0.6 is 11.8 Å². The molecule has 2 nitrogen and oxygen atoms in total. The summed E-state index contributed by atoms with van der Waals surface area (Å²) in [4.78, 5) is 0.474. The van der Waals surface area contributed by atoms with Crippen molar-refractivity contribution in [3.63, 3.8) is 0 Å². The van der Waals surface area contributed by atoms with Crippen LogP contribution in [0.4, 0.5) is 4.39 Å². The highest BCUT2D eigenvalue weighted by molar-refractivity contribution is 7.98. The molecule has 0 amide bonds. The summed E-state index contributed by atoms with van der Waals surface area (Å²) >= 11 is 1.30. The van der Waals surface area contributed by atoms with Crippen molar-refractivity contribution in [2.45, 2.75) is 4.90 Å². The molecule has 0 aliphatic heterocycles. The number of ether oxygens (including phenoxy) is 2. The molecule has 4 heteroatoms. The van der Waals surface area contributed by atoms with Gasteiger partial charge in [0.15, 0.2) is 11.6 Å². The first kappa shape index (κ1) is 10.2. The molecular weight excluding hydrogens is 191 g/mol. The van der Waals surface area contributed by atoms with Gasteiger partial charge in [-0.05, 0) is 18.4 Å². The maximum atomic E-state index is 13.5. The van der Waals surface area contributed by atoms with E-state index in [-0.39, 0.29) is 11.6 Å². The van der Waals surface area contributed by atoms with Gasteiger partial charge in [0, 0.05) is 0 Å². The van der Waals surface area contributed by atoms with Crippen LogP contribution in [0.3, 0.4) is 0 Å². The zero-order valence-corrected chi connectivity index (χ0v) is 8.57. The summed E-state index contributed by atoms with van der Waals surface area (Å²) in [5.74, 6) is 0.408. The van der Waals surface area contributed by atoms with Crippen LogP contribution in [-0.2, 0) is 0 Å². The second-order valence-electron chi connectivity index (χ2n) is 2.32. The van der Waals surface area contributed by atoms with Gasteiger partial charge in [-0.3, -0.25) is 0 Å². The first-order valence-electron chi connectivity index (χ1n) is 3.69. The monoisotopic (exact) mass is 202 g/mol. The van der Waals surface area contributed by atoms with E-state index >= 15 is 0 Å². The first-order valence-corrected chi connectivity index (χ1v) is 4.91. The Bertz CT molecular complexity index is 302. The minimum absolute atomic E-state index is 0.241. The van der Waals surface area contributed by atoms with Gasteiger partial charge in [-0.15, -0.1) is 11.8 Å². The quantitative estimate of drug-likeness (QED) is 0.702. The molecule has 0 saturated carbocycles. The number of methoxy groups -OCH3 is 2. The van der Waals surface area contributed by atoms with Crippen LogP contribution in [0.5, 0.6) is 11.5 Å². The summed E-state index contributed by atoms with van der Waals surface area (Å²) in [5, 5.41) is 0. The van der Waals surface area contributed by atoms with E-state index in [1.54, 1.807) is 18.4 Å². The van der Waals surface area contributed by atoms with E-state index in [0.29, 0.717) is 10.6 Å².